The van der Waals surface area contributed by atoms with Gasteiger partial charge >= 0.3 is 0 Å². The highest BCUT2D eigenvalue weighted by Gasteiger charge is 2.12. The van der Waals surface area contributed by atoms with E-state index in [1.807, 2.05) is 24.5 Å². The van der Waals surface area contributed by atoms with Crippen molar-refractivity contribution in [2.75, 3.05) is 5.32 Å². The van der Waals surface area contributed by atoms with Crippen molar-refractivity contribution in [3.8, 4) is 11.1 Å². The predicted octanol–water partition coefficient (Wildman–Crippen LogP) is 5.79. The van der Waals surface area contributed by atoms with Gasteiger partial charge in [0, 0.05) is 23.8 Å². The van der Waals surface area contributed by atoms with E-state index in [4.69, 9.17) is 0 Å². The van der Waals surface area contributed by atoms with Crippen LogP contribution in [0.2, 0.25) is 0 Å². The normalized spacial score (nSPS) is 11.3. The van der Waals surface area contributed by atoms with E-state index < -0.39 is 0 Å². The molecule has 0 radical (unpaired) electrons. The molecule has 0 amide bonds. The molecule has 1 aromatic heterocycles. The number of aromatic nitrogens is 1. The predicted molar refractivity (Wildman–Crippen MR) is 98.1 cm³/mol. The molecule has 2 nitrogen and oxygen atoms in total. The Labute approximate surface area is 138 Å². The molecule has 2 aromatic carbocycles. The molecule has 0 aliphatic heterocycles. The molecule has 0 bridgehead atoms. The Morgan fingerprint density at radius 3 is 1.65 bits per heavy atom. The molecular weight excluding hydrogens is 280 g/mol. The highest BCUT2D eigenvalue weighted by atomic mass is 14.9. The standard InChI is InChI=1S/C21H22N2/c1-21(2,3)18-6-10-20(11-7-18)23-19-8-4-16(5-9-19)17-12-14-22-15-13-17/h4-15,23H,1-3H3. The van der Waals surface area contributed by atoms with Crippen molar-refractivity contribution in [3.05, 3.63) is 78.6 Å². The van der Waals surface area contributed by atoms with Crippen LogP contribution in [0.25, 0.3) is 11.1 Å². The van der Waals surface area contributed by atoms with Crippen LogP contribution < -0.4 is 5.32 Å². The quantitative estimate of drug-likeness (QED) is 0.662. The monoisotopic (exact) mass is 302 g/mol. The van der Waals surface area contributed by atoms with Gasteiger partial charge in [0.15, 0.2) is 0 Å². The molecule has 3 rings (SSSR count). The Morgan fingerprint density at radius 1 is 0.652 bits per heavy atom. The largest absolute Gasteiger partial charge is 0.356 e. The Kier molecular flexibility index (Phi) is 4.16. The van der Waals surface area contributed by atoms with Crippen molar-refractivity contribution in [1.82, 2.24) is 4.98 Å². The summed E-state index contributed by atoms with van der Waals surface area (Å²) in [5.74, 6) is 0. The molecule has 23 heavy (non-hydrogen) atoms. The zero-order chi connectivity index (χ0) is 16.3. The van der Waals surface area contributed by atoms with Gasteiger partial charge in [-0.05, 0) is 58.5 Å². The third kappa shape index (κ3) is 3.78. The summed E-state index contributed by atoms with van der Waals surface area (Å²) in [4.78, 5) is 4.06. The van der Waals surface area contributed by atoms with E-state index in [2.05, 4.69) is 79.6 Å². The first-order valence-corrected chi connectivity index (χ1v) is 7.90. The van der Waals surface area contributed by atoms with E-state index in [0.29, 0.717) is 0 Å². The molecular formula is C21H22N2. The van der Waals surface area contributed by atoms with Gasteiger partial charge in [-0.25, -0.2) is 0 Å². The van der Waals surface area contributed by atoms with Crippen LogP contribution in [0.3, 0.4) is 0 Å². The summed E-state index contributed by atoms with van der Waals surface area (Å²) in [5.41, 5.74) is 6.10. The van der Waals surface area contributed by atoms with E-state index in [9.17, 15) is 0 Å². The number of hydrogen-bond acceptors (Lipinski definition) is 2. The van der Waals surface area contributed by atoms with E-state index >= 15 is 0 Å². The van der Waals surface area contributed by atoms with Crippen molar-refractivity contribution in [3.63, 3.8) is 0 Å². The highest BCUT2D eigenvalue weighted by molar-refractivity contribution is 5.68. The minimum atomic E-state index is 0.185. The summed E-state index contributed by atoms with van der Waals surface area (Å²) in [5, 5.41) is 3.45. The molecule has 0 atom stereocenters. The average molecular weight is 302 g/mol. The number of nitrogens with zero attached hydrogens (tertiary/aromatic N) is 1. The number of anilines is 2. The van der Waals surface area contributed by atoms with Gasteiger partial charge in [-0.3, -0.25) is 4.98 Å². The molecule has 3 aromatic rings. The highest BCUT2D eigenvalue weighted by Crippen LogP contribution is 2.26. The molecule has 2 heteroatoms. The summed E-state index contributed by atoms with van der Waals surface area (Å²) in [6.45, 7) is 6.69. The van der Waals surface area contributed by atoms with Crippen LogP contribution in [0, 0.1) is 0 Å². The first-order chi connectivity index (χ1) is 11.0. The van der Waals surface area contributed by atoms with Crippen LogP contribution in [0.15, 0.2) is 73.1 Å². The van der Waals surface area contributed by atoms with E-state index in [-0.39, 0.29) is 5.41 Å². The van der Waals surface area contributed by atoms with Crippen molar-refractivity contribution in [1.29, 1.82) is 0 Å². The smallest absolute Gasteiger partial charge is 0.0384 e. The maximum atomic E-state index is 4.06. The number of pyridine rings is 1. The zero-order valence-electron chi connectivity index (χ0n) is 13.9. The number of hydrogen-bond donors (Lipinski definition) is 1. The van der Waals surface area contributed by atoms with Crippen LogP contribution in [-0.4, -0.2) is 4.98 Å². The Morgan fingerprint density at radius 2 is 1.13 bits per heavy atom. The third-order valence-electron chi connectivity index (χ3n) is 3.94. The maximum Gasteiger partial charge on any atom is 0.0384 e. The molecule has 1 heterocycles. The SMILES string of the molecule is CC(C)(C)c1ccc(Nc2ccc(-c3ccncc3)cc2)cc1. The summed E-state index contributed by atoms with van der Waals surface area (Å²) < 4.78 is 0. The Bertz CT molecular complexity index is 752. The van der Waals surface area contributed by atoms with Crippen molar-refractivity contribution in [2.24, 2.45) is 0 Å². The maximum absolute atomic E-state index is 4.06. The average Bonchev–Trinajstić information content (AvgIpc) is 2.56. The molecule has 0 fully saturated rings. The molecule has 1 N–H and O–H groups in total. The molecule has 0 aliphatic carbocycles. The fourth-order valence-electron chi connectivity index (χ4n) is 2.51. The van der Waals surface area contributed by atoms with Gasteiger partial charge < -0.3 is 5.32 Å². The summed E-state index contributed by atoms with van der Waals surface area (Å²) >= 11 is 0. The van der Waals surface area contributed by atoms with Crippen LogP contribution in [0.4, 0.5) is 11.4 Å². The summed E-state index contributed by atoms with van der Waals surface area (Å²) in [7, 11) is 0. The van der Waals surface area contributed by atoms with E-state index in [1.54, 1.807) is 0 Å². The van der Waals surface area contributed by atoms with Crippen molar-refractivity contribution < 1.29 is 0 Å². The van der Waals surface area contributed by atoms with Gasteiger partial charge in [-0.1, -0.05) is 45.0 Å². The molecule has 0 saturated carbocycles. The van der Waals surface area contributed by atoms with E-state index in [0.717, 1.165) is 11.4 Å². The minimum absolute atomic E-state index is 0.185. The van der Waals surface area contributed by atoms with Gasteiger partial charge in [-0.15, -0.1) is 0 Å². The first-order valence-electron chi connectivity index (χ1n) is 7.90. The summed E-state index contributed by atoms with van der Waals surface area (Å²) in [6, 6.07) is 21.2. The fraction of sp³-hybridized carbons (Fsp3) is 0.190. The molecule has 0 aliphatic rings. The van der Waals surface area contributed by atoms with Crippen LogP contribution in [0.5, 0.6) is 0 Å². The Hall–Kier alpha value is -2.61. The number of benzene rings is 2. The van der Waals surface area contributed by atoms with Crippen molar-refractivity contribution in [2.45, 2.75) is 26.2 Å². The molecule has 0 spiro atoms. The Balaban J connectivity index is 1.74. The lowest BCUT2D eigenvalue weighted by Gasteiger charge is -2.19. The lowest BCUT2D eigenvalue weighted by Crippen LogP contribution is -2.10. The molecule has 116 valence electrons. The number of nitrogens with one attached hydrogen (secondary N) is 1. The summed E-state index contributed by atoms with van der Waals surface area (Å²) in [6.07, 6.45) is 3.64. The fourth-order valence-corrected chi connectivity index (χ4v) is 2.51. The lowest BCUT2D eigenvalue weighted by molar-refractivity contribution is 0.590. The third-order valence-corrected chi connectivity index (χ3v) is 3.94. The van der Waals surface area contributed by atoms with E-state index in [1.165, 1.54) is 16.7 Å². The topological polar surface area (TPSA) is 24.9 Å². The van der Waals surface area contributed by atoms with Gasteiger partial charge in [-0.2, -0.15) is 0 Å². The van der Waals surface area contributed by atoms with Gasteiger partial charge in [0.1, 0.15) is 0 Å². The number of rotatable bonds is 3. The molecule has 0 unspecified atom stereocenters. The van der Waals surface area contributed by atoms with Gasteiger partial charge in [0.05, 0.1) is 0 Å². The van der Waals surface area contributed by atoms with Crippen LogP contribution in [-0.2, 0) is 5.41 Å². The lowest BCUT2D eigenvalue weighted by atomic mass is 9.87. The second kappa shape index (κ2) is 6.25. The second-order valence-corrected chi connectivity index (χ2v) is 6.77. The first kappa shape index (κ1) is 15.3. The van der Waals surface area contributed by atoms with Gasteiger partial charge in [0.2, 0.25) is 0 Å². The zero-order valence-corrected chi connectivity index (χ0v) is 13.9. The van der Waals surface area contributed by atoms with Crippen molar-refractivity contribution >= 4 is 11.4 Å². The molecule has 0 saturated heterocycles. The van der Waals surface area contributed by atoms with Crippen LogP contribution in [0.1, 0.15) is 26.3 Å². The van der Waals surface area contributed by atoms with Gasteiger partial charge in [0.25, 0.3) is 0 Å². The van der Waals surface area contributed by atoms with Crippen LogP contribution >= 0.6 is 0 Å². The minimum Gasteiger partial charge on any atom is -0.356 e. The second-order valence-electron chi connectivity index (χ2n) is 6.77.